The first kappa shape index (κ1) is 16.2. The van der Waals surface area contributed by atoms with Crippen LogP contribution < -0.4 is 16.4 Å². The van der Waals surface area contributed by atoms with E-state index in [9.17, 15) is 14.4 Å². The van der Waals surface area contributed by atoms with Crippen molar-refractivity contribution in [1.29, 1.82) is 0 Å². The van der Waals surface area contributed by atoms with Crippen LogP contribution in [-0.2, 0) is 13.0 Å². The van der Waals surface area contributed by atoms with Crippen molar-refractivity contribution in [3.8, 4) is 0 Å². The average molecular weight is 328 g/mol. The summed E-state index contributed by atoms with van der Waals surface area (Å²) in [6.45, 7) is 2.42. The third-order valence-corrected chi connectivity index (χ3v) is 4.17. The molecule has 2 N–H and O–H groups in total. The zero-order chi connectivity index (χ0) is 17.1. The van der Waals surface area contributed by atoms with Crippen LogP contribution in [0.4, 0.5) is 0 Å². The van der Waals surface area contributed by atoms with Crippen LogP contribution in [0, 0.1) is 0 Å². The number of carbonyl (C=O) groups excluding carboxylic acids is 1. The first-order valence-corrected chi connectivity index (χ1v) is 8.19. The number of aryl methyl sites for hydroxylation is 2. The lowest BCUT2D eigenvalue weighted by Gasteiger charge is -2.25. The largest absolute Gasteiger partial charge is 0.344 e. The molecular weight excluding hydrogens is 308 g/mol. The topological polar surface area (TPSA) is 96.8 Å². The first-order valence-electron chi connectivity index (χ1n) is 8.19. The molecule has 0 fully saturated rings. The van der Waals surface area contributed by atoms with Gasteiger partial charge in [0.25, 0.3) is 11.5 Å². The molecule has 0 aliphatic heterocycles. The third kappa shape index (κ3) is 3.29. The molecule has 2 aromatic heterocycles. The van der Waals surface area contributed by atoms with Crippen LogP contribution in [0.15, 0.2) is 33.9 Å². The van der Waals surface area contributed by atoms with Gasteiger partial charge in [-0.15, -0.1) is 0 Å². The lowest BCUT2D eigenvalue weighted by molar-refractivity contribution is 0.0925. The average Bonchev–Trinajstić information content (AvgIpc) is 2.57. The number of rotatable bonds is 4. The lowest BCUT2D eigenvalue weighted by atomic mass is 9.91. The maximum atomic E-state index is 12.5. The first-order chi connectivity index (χ1) is 11.6. The molecule has 3 rings (SSSR count). The predicted molar refractivity (Wildman–Crippen MR) is 89.0 cm³/mol. The summed E-state index contributed by atoms with van der Waals surface area (Å²) in [6, 6.07) is 5.89. The molecule has 1 aliphatic rings. The minimum absolute atomic E-state index is 0.131. The van der Waals surface area contributed by atoms with Gasteiger partial charge in [-0.2, -0.15) is 5.10 Å². The Morgan fingerprint density at radius 1 is 1.33 bits per heavy atom. The van der Waals surface area contributed by atoms with Crippen molar-refractivity contribution in [3.63, 3.8) is 0 Å². The van der Waals surface area contributed by atoms with Crippen LogP contribution in [0.2, 0.25) is 0 Å². The van der Waals surface area contributed by atoms with Gasteiger partial charge in [-0.1, -0.05) is 6.92 Å². The Kier molecular flexibility index (Phi) is 4.59. The molecular formula is C17H20N4O3. The molecule has 1 atom stereocenters. The van der Waals surface area contributed by atoms with Crippen LogP contribution in [0.1, 0.15) is 54.0 Å². The Morgan fingerprint density at radius 2 is 2.17 bits per heavy atom. The number of aromatic amines is 1. The van der Waals surface area contributed by atoms with Crippen molar-refractivity contribution in [3.05, 3.63) is 61.9 Å². The minimum Gasteiger partial charge on any atom is -0.344 e. The smallest absolute Gasteiger partial charge is 0.272 e. The van der Waals surface area contributed by atoms with E-state index in [1.165, 1.54) is 22.9 Å². The van der Waals surface area contributed by atoms with Crippen molar-refractivity contribution in [1.82, 2.24) is 20.1 Å². The van der Waals surface area contributed by atoms with E-state index in [4.69, 9.17) is 0 Å². The monoisotopic (exact) mass is 328 g/mol. The normalized spacial score (nSPS) is 16.5. The van der Waals surface area contributed by atoms with E-state index in [2.05, 4.69) is 15.4 Å². The van der Waals surface area contributed by atoms with E-state index in [-0.39, 0.29) is 28.8 Å². The molecule has 0 saturated carbocycles. The number of pyridine rings is 1. The van der Waals surface area contributed by atoms with Crippen LogP contribution in [-0.4, -0.2) is 20.7 Å². The number of fused-ring (bicyclic) bond motifs is 1. The summed E-state index contributed by atoms with van der Waals surface area (Å²) >= 11 is 0. The highest BCUT2D eigenvalue weighted by Gasteiger charge is 2.23. The Bertz CT molecular complexity index is 869. The molecule has 0 bridgehead atoms. The lowest BCUT2D eigenvalue weighted by Crippen LogP contribution is -2.34. The highest BCUT2D eigenvalue weighted by atomic mass is 16.2. The fraction of sp³-hybridized carbons (Fsp3) is 0.412. The van der Waals surface area contributed by atoms with E-state index >= 15 is 0 Å². The maximum absolute atomic E-state index is 12.5. The number of hydrogen-bond acceptors (Lipinski definition) is 4. The standard InChI is InChI=1S/C17H20N4O3/c1-2-10-21-16(23)9-7-14(20-21)17(24)19-13-5-3-4-12-11(13)6-8-15(22)18-12/h6-9,13H,2-5,10H2,1H3,(H,18,22)(H,19,24)/t13-/m0/s1. The quantitative estimate of drug-likeness (QED) is 0.880. The van der Waals surface area contributed by atoms with Gasteiger partial charge in [0.2, 0.25) is 5.56 Å². The number of carbonyl (C=O) groups is 1. The number of H-pyrrole nitrogens is 1. The fourth-order valence-electron chi connectivity index (χ4n) is 3.02. The van der Waals surface area contributed by atoms with Gasteiger partial charge in [0.1, 0.15) is 5.69 Å². The van der Waals surface area contributed by atoms with E-state index in [1.54, 1.807) is 6.07 Å². The second kappa shape index (κ2) is 6.82. The van der Waals surface area contributed by atoms with Gasteiger partial charge in [-0.3, -0.25) is 14.4 Å². The molecule has 2 aromatic rings. The third-order valence-electron chi connectivity index (χ3n) is 4.17. The van der Waals surface area contributed by atoms with Crippen molar-refractivity contribution in [2.45, 2.75) is 45.2 Å². The van der Waals surface area contributed by atoms with Gasteiger partial charge in [-0.25, -0.2) is 4.68 Å². The summed E-state index contributed by atoms with van der Waals surface area (Å²) in [7, 11) is 0. The fourth-order valence-corrected chi connectivity index (χ4v) is 3.02. The number of aromatic nitrogens is 3. The van der Waals surface area contributed by atoms with E-state index < -0.39 is 0 Å². The van der Waals surface area contributed by atoms with E-state index in [0.29, 0.717) is 6.54 Å². The molecule has 0 saturated heterocycles. The molecule has 2 heterocycles. The summed E-state index contributed by atoms with van der Waals surface area (Å²) < 4.78 is 1.31. The highest BCUT2D eigenvalue weighted by Crippen LogP contribution is 2.27. The van der Waals surface area contributed by atoms with Gasteiger partial charge >= 0.3 is 0 Å². The molecule has 7 heteroatoms. The molecule has 7 nitrogen and oxygen atoms in total. The zero-order valence-electron chi connectivity index (χ0n) is 13.5. The van der Waals surface area contributed by atoms with E-state index in [0.717, 1.165) is 36.9 Å². The predicted octanol–water partition coefficient (Wildman–Crippen LogP) is 1.15. The number of nitrogens with one attached hydrogen (secondary N) is 2. The van der Waals surface area contributed by atoms with Crippen molar-refractivity contribution < 1.29 is 4.79 Å². The Labute approximate surface area is 138 Å². The van der Waals surface area contributed by atoms with Crippen LogP contribution >= 0.6 is 0 Å². The SMILES string of the molecule is CCCn1nc(C(=O)N[C@H]2CCCc3[nH]c(=O)ccc32)ccc1=O. The molecule has 24 heavy (non-hydrogen) atoms. The Balaban J connectivity index is 1.82. The summed E-state index contributed by atoms with van der Waals surface area (Å²) in [5.74, 6) is -0.316. The van der Waals surface area contributed by atoms with E-state index in [1.807, 2.05) is 6.92 Å². The van der Waals surface area contributed by atoms with Gasteiger partial charge in [0.05, 0.1) is 6.04 Å². The van der Waals surface area contributed by atoms with Gasteiger partial charge in [0.15, 0.2) is 0 Å². The zero-order valence-corrected chi connectivity index (χ0v) is 13.5. The molecule has 0 radical (unpaired) electrons. The Morgan fingerprint density at radius 3 is 2.96 bits per heavy atom. The summed E-state index contributed by atoms with van der Waals surface area (Å²) in [4.78, 5) is 38.5. The van der Waals surface area contributed by atoms with Crippen molar-refractivity contribution in [2.75, 3.05) is 0 Å². The summed E-state index contributed by atoms with van der Waals surface area (Å²) in [6.07, 6.45) is 3.26. The Hall–Kier alpha value is -2.70. The van der Waals surface area contributed by atoms with Crippen LogP contribution in [0.3, 0.4) is 0 Å². The molecule has 0 aromatic carbocycles. The molecule has 1 aliphatic carbocycles. The number of nitrogens with zero attached hydrogens (tertiary/aromatic N) is 2. The summed E-state index contributed by atoms with van der Waals surface area (Å²) in [5, 5.41) is 7.09. The van der Waals surface area contributed by atoms with Crippen molar-refractivity contribution >= 4 is 5.91 Å². The molecule has 126 valence electrons. The van der Waals surface area contributed by atoms with Gasteiger partial charge in [0, 0.05) is 24.4 Å². The second-order valence-electron chi connectivity index (χ2n) is 5.95. The maximum Gasteiger partial charge on any atom is 0.272 e. The molecule has 0 unspecified atom stereocenters. The number of amides is 1. The highest BCUT2D eigenvalue weighted by molar-refractivity contribution is 5.92. The molecule has 0 spiro atoms. The van der Waals surface area contributed by atoms with Gasteiger partial charge in [-0.05, 0) is 43.4 Å². The number of hydrogen-bond donors (Lipinski definition) is 2. The van der Waals surface area contributed by atoms with Gasteiger partial charge < -0.3 is 10.3 Å². The van der Waals surface area contributed by atoms with Crippen molar-refractivity contribution in [2.24, 2.45) is 0 Å². The van der Waals surface area contributed by atoms with Crippen LogP contribution in [0.5, 0.6) is 0 Å². The molecule has 1 amide bonds. The second-order valence-corrected chi connectivity index (χ2v) is 5.95. The summed E-state index contributed by atoms with van der Waals surface area (Å²) in [5.41, 5.74) is 1.70. The minimum atomic E-state index is -0.316. The van der Waals surface area contributed by atoms with Crippen LogP contribution in [0.25, 0.3) is 0 Å².